The maximum Gasteiger partial charge on any atom is 0.526 e. The lowest BCUT2D eigenvalue weighted by atomic mass is 10.1. The largest absolute Gasteiger partial charge is 0.526 e. The SMILES string of the molecule is CCOc1nc(Nc2ccc(C([P+](=O)O)P(=O)(O)O)cc2)c2ncn(CCc3cccc(O)c3)c2n1. The molecule has 0 saturated carbocycles. The average molecular weight is 532 g/mol. The van der Waals surface area contributed by atoms with Gasteiger partial charge in [0.25, 0.3) is 0 Å². The van der Waals surface area contributed by atoms with E-state index in [2.05, 4.69) is 20.3 Å². The van der Waals surface area contributed by atoms with Gasteiger partial charge in [-0.1, -0.05) is 24.3 Å². The van der Waals surface area contributed by atoms with Gasteiger partial charge in [0, 0.05) is 17.8 Å². The molecule has 0 saturated heterocycles. The number of aromatic nitrogens is 4. The second-order valence-electron chi connectivity index (χ2n) is 7.83. The molecule has 2 aromatic heterocycles. The summed E-state index contributed by atoms with van der Waals surface area (Å²) in [5.74, 6) is 0.548. The Morgan fingerprint density at radius 3 is 2.56 bits per heavy atom. The normalized spacial score (nSPS) is 12.9. The van der Waals surface area contributed by atoms with Crippen LogP contribution in [0.25, 0.3) is 11.2 Å². The van der Waals surface area contributed by atoms with Crippen molar-refractivity contribution in [3.05, 3.63) is 66.0 Å². The van der Waals surface area contributed by atoms with Crippen molar-refractivity contribution in [3.63, 3.8) is 0 Å². The zero-order valence-corrected chi connectivity index (χ0v) is 20.9. The van der Waals surface area contributed by atoms with Gasteiger partial charge in [-0.05, 0) is 47.7 Å². The van der Waals surface area contributed by atoms with Crippen molar-refractivity contribution in [2.24, 2.45) is 0 Å². The number of imidazole rings is 1. The highest BCUT2D eigenvalue weighted by molar-refractivity contribution is 7.64. The van der Waals surface area contributed by atoms with E-state index in [-0.39, 0.29) is 17.3 Å². The first-order chi connectivity index (χ1) is 17.2. The van der Waals surface area contributed by atoms with Gasteiger partial charge in [-0.3, -0.25) is 4.57 Å². The molecule has 12 nitrogen and oxygen atoms in total. The lowest BCUT2D eigenvalue weighted by molar-refractivity contribution is 0.314. The predicted octanol–water partition coefficient (Wildman–Crippen LogP) is 3.83. The van der Waals surface area contributed by atoms with Crippen LogP contribution in [0.2, 0.25) is 0 Å². The summed E-state index contributed by atoms with van der Waals surface area (Å²) in [6, 6.07) is 12.9. The highest BCUT2D eigenvalue weighted by atomic mass is 31.2. The third kappa shape index (κ3) is 5.87. The Morgan fingerprint density at radius 1 is 1.17 bits per heavy atom. The van der Waals surface area contributed by atoms with E-state index in [0.717, 1.165) is 5.56 Å². The van der Waals surface area contributed by atoms with E-state index >= 15 is 0 Å². The third-order valence-electron chi connectivity index (χ3n) is 5.27. The Bertz CT molecular complexity index is 1440. The van der Waals surface area contributed by atoms with Gasteiger partial charge in [0.05, 0.1) is 12.9 Å². The molecule has 2 atom stereocenters. The second-order valence-corrected chi connectivity index (χ2v) is 11.1. The molecule has 36 heavy (non-hydrogen) atoms. The fourth-order valence-electron chi connectivity index (χ4n) is 3.66. The highest BCUT2D eigenvalue weighted by Crippen LogP contribution is 2.62. The van der Waals surface area contributed by atoms with Gasteiger partial charge in [-0.15, -0.1) is 0 Å². The number of hydrogen-bond acceptors (Lipinski definition) is 8. The molecular weight excluding hydrogens is 508 g/mol. The number of aromatic hydroxyl groups is 1. The first kappa shape index (κ1) is 25.7. The average Bonchev–Trinajstić information content (AvgIpc) is 3.21. The molecule has 0 aliphatic carbocycles. The van der Waals surface area contributed by atoms with E-state index in [1.165, 1.54) is 24.3 Å². The topological polar surface area (TPSA) is 180 Å². The van der Waals surface area contributed by atoms with Crippen molar-refractivity contribution >= 4 is 38.3 Å². The number of nitrogens with one attached hydrogen (secondary N) is 1. The summed E-state index contributed by atoms with van der Waals surface area (Å²) in [7, 11) is -7.96. The number of rotatable bonds is 10. The molecule has 0 bridgehead atoms. The first-order valence-electron chi connectivity index (χ1n) is 10.9. The van der Waals surface area contributed by atoms with Crippen LogP contribution in [0, 0.1) is 0 Å². The van der Waals surface area contributed by atoms with Crippen LogP contribution in [-0.4, -0.2) is 45.9 Å². The summed E-state index contributed by atoms with van der Waals surface area (Å²) in [6.45, 7) is 2.70. The number of nitrogens with zero attached hydrogens (tertiary/aromatic N) is 4. The minimum absolute atomic E-state index is 0.0385. The van der Waals surface area contributed by atoms with E-state index in [1.54, 1.807) is 24.5 Å². The van der Waals surface area contributed by atoms with Crippen LogP contribution in [-0.2, 0) is 22.1 Å². The Kier molecular flexibility index (Phi) is 7.63. The van der Waals surface area contributed by atoms with Gasteiger partial charge in [-0.25, -0.2) is 4.98 Å². The molecular formula is C22H24N5O7P2+. The van der Waals surface area contributed by atoms with Crippen LogP contribution in [0.4, 0.5) is 11.5 Å². The molecule has 0 fully saturated rings. The number of hydrogen-bond donors (Lipinski definition) is 5. The standard InChI is InChI=1S/C22H23N5O7P2/c1-2-34-22-25-19(24-16-8-6-15(7-9-16)21(35(29)30)36(31,32)33)18-20(26-22)27(13-23-18)11-10-14-4-3-5-17(28)12-14/h3-9,12-13,21H,2,10-11H2,1H3,(H4-,24,25,26,28,29,30,31,32,33)/p+1. The number of aryl methyl sites for hydroxylation is 2. The Hall–Kier alpha value is -3.40. The first-order valence-corrected chi connectivity index (χ1v) is 13.8. The fourth-order valence-corrected chi connectivity index (χ4v) is 5.67. The molecule has 0 radical (unpaired) electrons. The lowest BCUT2D eigenvalue weighted by Crippen LogP contribution is -2.05. The smallest absolute Gasteiger partial charge is 0.508 e. The Labute approximate surface area is 206 Å². The van der Waals surface area contributed by atoms with Gasteiger partial charge in [-0.2, -0.15) is 14.9 Å². The minimum Gasteiger partial charge on any atom is -0.508 e. The molecule has 2 unspecified atom stereocenters. The molecule has 4 rings (SSSR count). The molecule has 5 N–H and O–H groups in total. The maximum absolute atomic E-state index is 11.6. The summed E-state index contributed by atoms with van der Waals surface area (Å²) >= 11 is 0. The van der Waals surface area contributed by atoms with Crippen LogP contribution in [0.3, 0.4) is 0 Å². The van der Waals surface area contributed by atoms with Crippen molar-refractivity contribution in [1.82, 2.24) is 19.5 Å². The predicted molar refractivity (Wildman–Crippen MR) is 133 cm³/mol. The van der Waals surface area contributed by atoms with Crippen molar-refractivity contribution in [3.8, 4) is 11.8 Å². The van der Waals surface area contributed by atoms with E-state index < -0.39 is 21.0 Å². The van der Waals surface area contributed by atoms with Gasteiger partial charge >= 0.3 is 27.0 Å². The summed E-state index contributed by atoms with van der Waals surface area (Å²) in [6.07, 6.45) is 2.26. The second kappa shape index (κ2) is 10.7. The van der Waals surface area contributed by atoms with Crippen molar-refractivity contribution in [2.45, 2.75) is 25.3 Å². The number of anilines is 2. The fraction of sp³-hybridized carbons (Fsp3) is 0.227. The monoisotopic (exact) mass is 532 g/mol. The number of benzene rings is 2. The van der Waals surface area contributed by atoms with Gasteiger partial charge < -0.3 is 29.5 Å². The summed E-state index contributed by atoms with van der Waals surface area (Å²) < 4.78 is 30.5. The van der Waals surface area contributed by atoms with Gasteiger partial charge in [0.1, 0.15) is 5.75 Å². The molecule has 0 aliphatic heterocycles. The summed E-state index contributed by atoms with van der Waals surface area (Å²) in [5.41, 5.74) is 2.51. The van der Waals surface area contributed by atoms with Crippen LogP contribution in [0.15, 0.2) is 54.9 Å². The van der Waals surface area contributed by atoms with Crippen LogP contribution in [0.5, 0.6) is 11.8 Å². The molecule has 188 valence electrons. The van der Waals surface area contributed by atoms with E-state index in [9.17, 15) is 28.9 Å². The molecule has 0 amide bonds. The lowest BCUT2D eigenvalue weighted by Gasteiger charge is -2.11. The van der Waals surface area contributed by atoms with Gasteiger partial charge in [0.2, 0.25) is 0 Å². The summed E-state index contributed by atoms with van der Waals surface area (Å²) in [4.78, 5) is 41.6. The molecule has 14 heteroatoms. The molecule has 4 aromatic rings. The maximum atomic E-state index is 11.6. The molecule has 0 spiro atoms. The van der Waals surface area contributed by atoms with Crippen LogP contribution >= 0.6 is 15.6 Å². The number of fused-ring (bicyclic) bond motifs is 1. The van der Waals surface area contributed by atoms with Crippen molar-refractivity contribution in [1.29, 1.82) is 0 Å². The summed E-state index contributed by atoms with van der Waals surface area (Å²) in [5, 5.41) is 11.0. The number of ether oxygens (including phenoxy) is 1. The van der Waals surface area contributed by atoms with E-state index in [0.29, 0.717) is 42.2 Å². The minimum atomic E-state index is -4.83. The zero-order valence-electron chi connectivity index (χ0n) is 19.1. The third-order valence-corrected chi connectivity index (χ3v) is 8.42. The molecule has 0 aliphatic rings. The van der Waals surface area contributed by atoms with Crippen molar-refractivity contribution < 1.29 is 33.7 Å². The van der Waals surface area contributed by atoms with E-state index in [1.807, 2.05) is 17.6 Å². The van der Waals surface area contributed by atoms with E-state index in [4.69, 9.17) is 4.74 Å². The number of phenols is 1. The Balaban J connectivity index is 1.62. The van der Waals surface area contributed by atoms with Crippen LogP contribution < -0.4 is 10.1 Å². The quantitative estimate of drug-likeness (QED) is 0.187. The molecule has 2 aromatic carbocycles. The highest BCUT2D eigenvalue weighted by Gasteiger charge is 2.46. The number of phenolic OH excluding ortho intramolecular Hbond substituents is 1. The zero-order chi connectivity index (χ0) is 25.9. The van der Waals surface area contributed by atoms with Crippen LogP contribution in [0.1, 0.15) is 23.5 Å². The Morgan fingerprint density at radius 2 is 1.92 bits per heavy atom. The van der Waals surface area contributed by atoms with Crippen molar-refractivity contribution in [2.75, 3.05) is 11.9 Å². The van der Waals surface area contributed by atoms with Gasteiger partial charge in [0.15, 0.2) is 17.0 Å². The molecule has 2 heterocycles.